The summed E-state index contributed by atoms with van der Waals surface area (Å²) in [6, 6.07) is 0. The molecule has 4 aliphatic carbocycles. The summed E-state index contributed by atoms with van der Waals surface area (Å²) in [4.78, 5) is 11.7. The van der Waals surface area contributed by atoms with E-state index in [9.17, 15) is 20.1 Å². The normalized spacial score (nSPS) is 55.8. The maximum absolute atomic E-state index is 12.1. The van der Waals surface area contributed by atoms with Crippen LogP contribution in [0, 0.1) is 28.6 Å². The molecule has 3 N–H and O–H groups in total. The molecule has 1 heterocycles. The van der Waals surface area contributed by atoms with Crippen molar-refractivity contribution in [3.8, 4) is 0 Å². The zero-order valence-corrected chi connectivity index (χ0v) is 17.1. The van der Waals surface area contributed by atoms with Crippen molar-refractivity contribution < 1.29 is 24.9 Å². The monoisotopic (exact) mass is 390 g/mol. The van der Waals surface area contributed by atoms with Gasteiger partial charge < -0.3 is 20.1 Å². The maximum atomic E-state index is 12.1. The number of esters is 1. The Morgan fingerprint density at radius 3 is 2.50 bits per heavy atom. The van der Waals surface area contributed by atoms with E-state index in [-0.39, 0.29) is 30.0 Å². The Labute approximate surface area is 167 Å². The molecular weight excluding hydrogens is 356 g/mol. The number of cyclic esters (lactones) is 1. The van der Waals surface area contributed by atoms with Gasteiger partial charge in [0.05, 0.1) is 17.3 Å². The number of aliphatic hydroxyl groups excluding tert-OH is 1. The van der Waals surface area contributed by atoms with E-state index in [1.165, 1.54) is 6.08 Å². The molecule has 4 saturated carbocycles. The second-order valence-electron chi connectivity index (χ2n) is 10.9. The van der Waals surface area contributed by atoms with Gasteiger partial charge in [-0.3, -0.25) is 0 Å². The highest BCUT2D eigenvalue weighted by molar-refractivity contribution is 5.85. The first-order valence-electron chi connectivity index (χ1n) is 11.1. The maximum Gasteiger partial charge on any atom is 0.331 e. The summed E-state index contributed by atoms with van der Waals surface area (Å²) in [6.07, 6.45) is 8.91. The standard InChI is InChI=1S/C23H34O5/c1-20-7-5-16(24)11-14(20)3-4-18-17(20)6-8-21(2)22(26,9-10-23(18,21)27)15-12-19(25)28-13-15/h12,14,16-18,24,26-27H,3-11,13H2,1-2H3/t14-,16+,17+,18-,20-,21-,22+,23-/m0/s1. The van der Waals surface area contributed by atoms with Crippen LogP contribution in [0.5, 0.6) is 0 Å². The number of ether oxygens (including phenoxy) is 1. The van der Waals surface area contributed by atoms with Gasteiger partial charge >= 0.3 is 5.97 Å². The second-order valence-corrected chi connectivity index (χ2v) is 10.9. The van der Waals surface area contributed by atoms with Crippen LogP contribution in [0.2, 0.25) is 0 Å². The molecule has 8 atom stereocenters. The molecule has 0 bridgehead atoms. The summed E-state index contributed by atoms with van der Waals surface area (Å²) >= 11 is 0. The van der Waals surface area contributed by atoms with Crippen LogP contribution >= 0.6 is 0 Å². The highest BCUT2D eigenvalue weighted by atomic mass is 16.5. The average Bonchev–Trinajstić information content (AvgIpc) is 3.18. The van der Waals surface area contributed by atoms with E-state index in [2.05, 4.69) is 6.92 Å². The second kappa shape index (κ2) is 5.83. The van der Waals surface area contributed by atoms with Gasteiger partial charge in [-0.05, 0) is 81.0 Å². The van der Waals surface area contributed by atoms with E-state index in [4.69, 9.17) is 4.74 Å². The third-order valence-electron chi connectivity index (χ3n) is 10.2. The molecule has 5 aliphatic rings. The van der Waals surface area contributed by atoms with Crippen LogP contribution in [-0.2, 0) is 9.53 Å². The minimum absolute atomic E-state index is 0.146. The van der Waals surface area contributed by atoms with Crippen LogP contribution in [0.1, 0.15) is 71.6 Å². The third-order valence-corrected chi connectivity index (χ3v) is 10.2. The molecular formula is C23H34O5. The van der Waals surface area contributed by atoms with Gasteiger partial charge in [-0.2, -0.15) is 0 Å². The van der Waals surface area contributed by atoms with Crippen LogP contribution in [0.15, 0.2) is 11.6 Å². The highest BCUT2D eigenvalue weighted by Gasteiger charge is 2.72. The van der Waals surface area contributed by atoms with Crippen LogP contribution in [0.25, 0.3) is 0 Å². The molecule has 1 aliphatic heterocycles. The van der Waals surface area contributed by atoms with Crippen molar-refractivity contribution in [1.82, 2.24) is 0 Å². The van der Waals surface area contributed by atoms with E-state index < -0.39 is 16.6 Å². The molecule has 0 unspecified atom stereocenters. The molecule has 156 valence electrons. The van der Waals surface area contributed by atoms with Gasteiger partial charge in [-0.25, -0.2) is 4.79 Å². The Morgan fingerprint density at radius 2 is 1.79 bits per heavy atom. The quantitative estimate of drug-likeness (QED) is 0.599. The van der Waals surface area contributed by atoms with E-state index in [0.717, 1.165) is 44.9 Å². The van der Waals surface area contributed by atoms with Gasteiger partial charge in [0.15, 0.2) is 0 Å². The van der Waals surface area contributed by atoms with Crippen LogP contribution in [-0.4, -0.2) is 45.2 Å². The Balaban J connectivity index is 1.51. The fourth-order valence-electron chi connectivity index (χ4n) is 8.35. The zero-order valence-electron chi connectivity index (χ0n) is 17.1. The van der Waals surface area contributed by atoms with Gasteiger partial charge in [0.2, 0.25) is 0 Å². The molecule has 5 nitrogen and oxygen atoms in total. The van der Waals surface area contributed by atoms with Gasteiger partial charge in [-0.1, -0.05) is 13.8 Å². The van der Waals surface area contributed by atoms with Gasteiger partial charge in [0.1, 0.15) is 6.61 Å². The summed E-state index contributed by atoms with van der Waals surface area (Å²) < 4.78 is 5.11. The predicted octanol–water partition coefficient (Wildman–Crippen LogP) is 2.72. The van der Waals surface area contributed by atoms with Gasteiger partial charge in [0, 0.05) is 17.1 Å². The first-order chi connectivity index (χ1) is 13.1. The molecule has 0 aromatic heterocycles. The van der Waals surface area contributed by atoms with Gasteiger partial charge in [0.25, 0.3) is 0 Å². The summed E-state index contributed by atoms with van der Waals surface area (Å²) in [5.41, 5.74) is -1.92. The number of hydrogen-bond donors (Lipinski definition) is 3. The average molecular weight is 391 g/mol. The Bertz CT molecular complexity index is 733. The fraction of sp³-hybridized carbons (Fsp3) is 0.870. The predicted molar refractivity (Wildman–Crippen MR) is 103 cm³/mol. The van der Waals surface area contributed by atoms with Crippen molar-refractivity contribution in [3.63, 3.8) is 0 Å². The Morgan fingerprint density at radius 1 is 1.00 bits per heavy atom. The Hall–Kier alpha value is -0.910. The molecule has 5 heteroatoms. The lowest BCUT2D eigenvalue weighted by Crippen LogP contribution is -2.65. The SMILES string of the molecule is C[C@]12CC[C@@H](O)C[C@@H]1CC[C@H]1[C@H]2CC[C@@]2(C)[C@](O)(C3=CC(=O)OC3)CC[C@]12O. The summed E-state index contributed by atoms with van der Waals surface area (Å²) in [6.45, 7) is 4.57. The number of carbonyl (C=O) groups is 1. The number of fused-ring (bicyclic) bond motifs is 5. The molecule has 0 radical (unpaired) electrons. The van der Waals surface area contributed by atoms with E-state index in [1.807, 2.05) is 6.92 Å². The van der Waals surface area contributed by atoms with Crippen LogP contribution in [0.3, 0.4) is 0 Å². The third kappa shape index (κ3) is 2.16. The minimum Gasteiger partial charge on any atom is -0.458 e. The highest BCUT2D eigenvalue weighted by Crippen LogP contribution is 2.70. The van der Waals surface area contributed by atoms with Crippen molar-refractivity contribution in [2.75, 3.05) is 6.61 Å². The number of aliphatic hydroxyl groups is 3. The smallest absolute Gasteiger partial charge is 0.331 e. The molecule has 0 aromatic carbocycles. The number of hydrogen-bond acceptors (Lipinski definition) is 5. The van der Waals surface area contributed by atoms with E-state index >= 15 is 0 Å². The summed E-state index contributed by atoms with van der Waals surface area (Å²) in [5.74, 6) is 0.768. The van der Waals surface area contributed by atoms with Crippen LogP contribution < -0.4 is 0 Å². The van der Waals surface area contributed by atoms with E-state index in [1.54, 1.807) is 0 Å². The molecule has 5 rings (SSSR count). The minimum atomic E-state index is -1.17. The van der Waals surface area contributed by atoms with Gasteiger partial charge in [-0.15, -0.1) is 0 Å². The molecule has 28 heavy (non-hydrogen) atoms. The zero-order chi connectivity index (χ0) is 19.9. The fourth-order valence-corrected chi connectivity index (χ4v) is 8.35. The first-order valence-corrected chi connectivity index (χ1v) is 11.1. The molecule has 0 saturated heterocycles. The van der Waals surface area contributed by atoms with Crippen LogP contribution in [0.4, 0.5) is 0 Å². The van der Waals surface area contributed by atoms with E-state index in [0.29, 0.717) is 30.3 Å². The molecule has 0 spiro atoms. The summed E-state index contributed by atoms with van der Waals surface area (Å²) in [5, 5.41) is 34.1. The number of carbonyl (C=O) groups excluding carboxylic acids is 1. The van der Waals surface area contributed by atoms with Crippen molar-refractivity contribution >= 4 is 5.97 Å². The lowest BCUT2D eigenvalue weighted by Gasteiger charge is -2.64. The van der Waals surface area contributed by atoms with Crippen molar-refractivity contribution in [1.29, 1.82) is 0 Å². The number of rotatable bonds is 1. The van der Waals surface area contributed by atoms with Crippen molar-refractivity contribution in [3.05, 3.63) is 11.6 Å². The molecule has 0 aromatic rings. The lowest BCUT2D eigenvalue weighted by atomic mass is 9.42. The van der Waals surface area contributed by atoms with Crippen molar-refractivity contribution in [2.24, 2.45) is 28.6 Å². The molecule has 4 fully saturated rings. The Kier molecular flexibility index (Phi) is 3.97. The largest absolute Gasteiger partial charge is 0.458 e. The molecule has 0 amide bonds. The topological polar surface area (TPSA) is 87.0 Å². The summed E-state index contributed by atoms with van der Waals surface area (Å²) in [7, 11) is 0. The lowest BCUT2D eigenvalue weighted by molar-refractivity contribution is -0.229. The first kappa shape index (κ1) is 19.1. The van der Waals surface area contributed by atoms with Crippen molar-refractivity contribution in [2.45, 2.75) is 88.9 Å².